The van der Waals surface area contributed by atoms with Crippen LogP contribution >= 0.6 is 0 Å². The number of aryl methyl sites for hydroxylation is 1. The van der Waals surface area contributed by atoms with Gasteiger partial charge in [-0.05, 0) is 0 Å². The van der Waals surface area contributed by atoms with Gasteiger partial charge in [0.15, 0.2) is 0 Å². The Balaban J connectivity index is 1.34. The fourth-order valence-corrected chi connectivity index (χ4v) is 10.4. The van der Waals surface area contributed by atoms with Crippen molar-refractivity contribution in [1.29, 1.82) is 0 Å². The fraction of sp³-hybridized carbons (Fsp3) is 0.278. The molecular weight excluding hydrogens is 536 g/mol. The van der Waals surface area contributed by atoms with Gasteiger partial charge in [-0.2, -0.15) is 0 Å². The Hall–Kier alpha value is -3.00. The minimum atomic E-state index is 0.0757. The molecule has 0 spiro atoms. The molecule has 1 nitrogen and oxygen atoms in total. The molecule has 0 amide bonds. The second-order valence-corrected chi connectivity index (χ2v) is 14.2. The first-order chi connectivity index (χ1) is 19.2. The van der Waals surface area contributed by atoms with Crippen molar-refractivity contribution in [3.8, 4) is 5.69 Å². The molecule has 192 valence electrons. The van der Waals surface area contributed by atoms with Gasteiger partial charge in [-0.15, -0.1) is 0 Å². The van der Waals surface area contributed by atoms with Crippen LogP contribution < -0.4 is 25.3 Å². The van der Waals surface area contributed by atoms with Gasteiger partial charge in [-0.3, -0.25) is 0 Å². The molecule has 0 saturated heterocycles. The molecule has 3 heterocycles. The maximum atomic E-state index is 2.63. The van der Waals surface area contributed by atoms with E-state index in [9.17, 15) is 0 Å². The molecule has 3 heteroatoms. The third kappa shape index (κ3) is 3.39. The molecule has 0 fully saturated rings. The van der Waals surface area contributed by atoms with Gasteiger partial charge in [0.2, 0.25) is 0 Å². The van der Waals surface area contributed by atoms with E-state index in [1.165, 1.54) is 71.6 Å². The molecule has 0 saturated carbocycles. The first kappa shape index (κ1) is 23.9. The zero-order chi connectivity index (χ0) is 26.1. The van der Waals surface area contributed by atoms with E-state index in [2.05, 4.69) is 103 Å². The minimum absolute atomic E-state index is 0.0757. The molecule has 1 unspecified atom stereocenters. The Bertz CT molecular complexity index is 1760. The van der Waals surface area contributed by atoms with E-state index in [1.807, 2.05) is 0 Å². The Morgan fingerprint density at radius 2 is 1.56 bits per heavy atom. The fourth-order valence-electron chi connectivity index (χ4n) is 7.92. The SMILES string of the molecule is CCC1(C)c2ccccc2B2c3ccc(-n4c5c(c6ccccc64)CCCCCC5)cc3[Se]c3cccc1c32. The van der Waals surface area contributed by atoms with Gasteiger partial charge in [0.05, 0.1) is 0 Å². The Kier molecular flexibility index (Phi) is 5.51. The number of nitrogens with zero attached hydrogens (tertiary/aromatic N) is 1. The van der Waals surface area contributed by atoms with Gasteiger partial charge in [0.25, 0.3) is 0 Å². The third-order valence-electron chi connectivity index (χ3n) is 9.99. The monoisotopic (exact) mass is 571 g/mol. The summed E-state index contributed by atoms with van der Waals surface area (Å²) >= 11 is 0.297. The number of benzene rings is 4. The van der Waals surface area contributed by atoms with Crippen molar-refractivity contribution in [2.24, 2.45) is 0 Å². The van der Waals surface area contributed by atoms with Gasteiger partial charge in [-0.1, -0.05) is 0 Å². The Labute approximate surface area is 238 Å². The second-order valence-electron chi connectivity index (χ2n) is 11.9. The maximum absolute atomic E-state index is 2.63. The van der Waals surface area contributed by atoms with Crippen LogP contribution in [-0.2, 0) is 18.3 Å². The number of hydrogen-bond acceptors (Lipinski definition) is 0. The molecule has 0 radical (unpaired) electrons. The van der Waals surface area contributed by atoms with Crippen molar-refractivity contribution in [1.82, 2.24) is 4.57 Å². The summed E-state index contributed by atoms with van der Waals surface area (Å²) in [4.78, 5) is 0. The average Bonchev–Trinajstić information content (AvgIpc) is 3.26. The van der Waals surface area contributed by atoms with Gasteiger partial charge in [0.1, 0.15) is 0 Å². The number of rotatable bonds is 2. The third-order valence-corrected chi connectivity index (χ3v) is 12.4. The van der Waals surface area contributed by atoms with Crippen LogP contribution in [0.25, 0.3) is 16.6 Å². The van der Waals surface area contributed by atoms with E-state index in [0.717, 1.165) is 6.42 Å². The van der Waals surface area contributed by atoms with Gasteiger partial charge < -0.3 is 0 Å². The quantitative estimate of drug-likeness (QED) is 0.264. The second kappa shape index (κ2) is 9.02. The molecule has 4 aromatic carbocycles. The van der Waals surface area contributed by atoms with Crippen molar-refractivity contribution in [3.63, 3.8) is 0 Å². The topological polar surface area (TPSA) is 4.93 Å². The van der Waals surface area contributed by atoms with E-state index in [1.54, 1.807) is 31.2 Å². The standard InChI is InChI=1S/C36H34BNSe/c1-3-36(2)27-15-9-10-17-29(27)37-30-22-21-24(23-34(30)39-33-20-12-16-28(36)35(33)37)38-31-18-7-5-4-6-13-25(31)26-14-8-11-19-32(26)38/h8-12,14-17,19-23H,3-7,13,18H2,1-2H3. The van der Waals surface area contributed by atoms with Crippen molar-refractivity contribution < 1.29 is 0 Å². The van der Waals surface area contributed by atoms with Crippen LogP contribution in [0, 0.1) is 0 Å². The average molecular weight is 570 g/mol. The zero-order valence-electron chi connectivity index (χ0n) is 23.0. The molecule has 1 atom stereocenters. The predicted molar refractivity (Wildman–Crippen MR) is 168 cm³/mol. The van der Waals surface area contributed by atoms with Crippen molar-refractivity contribution in [3.05, 3.63) is 107 Å². The molecule has 39 heavy (non-hydrogen) atoms. The molecule has 1 aliphatic carbocycles. The van der Waals surface area contributed by atoms with Crippen LogP contribution in [0.5, 0.6) is 0 Å². The molecule has 3 aliphatic rings. The Morgan fingerprint density at radius 1 is 0.769 bits per heavy atom. The van der Waals surface area contributed by atoms with Gasteiger partial charge >= 0.3 is 240 Å². The molecular formula is C36H34BNSe. The van der Waals surface area contributed by atoms with Crippen molar-refractivity contribution >= 4 is 57.9 Å². The molecule has 0 bridgehead atoms. The Morgan fingerprint density at radius 3 is 2.46 bits per heavy atom. The van der Waals surface area contributed by atoms with Crippen molar-refractivity contribution in [2.45, 2.75) is 64.2 Å². The van der Waals surface area contributed by atoms with Crippen LogP contribution in [-0.4, -0.2) is 26.2 Å². The molecule has 5 aromatic rings. The molecule has 8 rings (SSSR count). The number of fused-ring (bicyclic) bond motifs is 7. The predicted octanol–water partition coefficient (Wildman–Crippen LogP) is 4.80. The van der Waals surface area contributed by atoms with E-state index in [0.29, 0.717) is 21.7 Å². The van der Waals surface area contributed by atoms with E-state index < -0.39 is 0 Å². The summed E-state index contributed by atoms with van der Waals surface area (Å²) in [5.41, 5.74) is 13.7. The number of aromatic nitrogens is 1. The molecule has 1 aromatic heterocycles. The summed E-state index contributed by atoms with van der Waals surface area (Å²) in [6.45, 7) is 5.17. The summed E-state index contributed by atoms with van der Waals surface area (Å²) in [7, 11) is 0. The van der Waals surface area contributed by atoms with Crippen molar-refractivity contribution in [2.75, 3.05) is 0 Å². The number of hydrogen-bond donors (Lipinski definition) is 0. The summed E-state index contributed by atoms with van der Waals surface area (Å²) < 4.78 is 5.76. The van der Waals surface area contributed by atoms with Gasteiger partial charge in [-0.25, -0.2) is 0 Å². The zero-order valence-corrected chi connectivity index (χ0v) is 24.7. The van der Waals surface area contributed by atoms with Crippen LogP contribution in [0.4, 0.5) is 0 Å². The van der Waals surface area contributed by atoms with E-state index in [-0.39, 0.29) is 5.41 Å². The van der Waals surface area contributed by atoms with Crippen LogP contribution in [0.15, 0.2) is 84.9 Å². The first-order valence-corrected chi connectivity index (χ1v) is 16.6. The van der Waals surface area contributed by atoms with Crippen LogP contribution in [0.3, 0.4) is 0 Å². The van der Waals surface area contributed by atoms with E-state index in [4.69, 9.17) is 0 Å². The number of para-hydroxylation sites is 1. The normalized spacial score (nSPS) is 19.5. The molecule has 2 aliphatic heterocycles. The van der Waals surface area contributed by atoms with E-state index >= 15 is 0 Å². The first-order valence-electron chi connectivity index (χ1n) is 14.8. The summed E-state index contributed by atoms with van der Waals surface area (Å²) in [5.74, 6) is 0. The molecule has 0 N–H and O–H groups in total. The van der Waals surface area contributed by atoms with Crippen LogP contribution in [0.1, 0.15) is 68.3 Å². The summed E-state index contributed by atoms with van der Waals surface area (Å²) in [6, 6.07) is 33.1. The van der Waals surface area contributed by atoms with Crippen LogP contribution in [0.2, 0.25) is 0 Å². The van der Waals surface area contributed by atoms with Gasteiger partial charge in [0, 0.05) is 0 Å². The summed E-state index contributed by atoms with van der Waals surface area (Å²) in [6.07, 6.45) is 8.84. The summed E-state index contributed by atoms with van der Waals surface area (Å²) in [5, 5.41) is 1.47.